The molecule has 1 saturated carbocycles. The minimum atomic E-state index is -1.08. The lowest BCUT2D eigenvalue weighted by Crippen LogP contribution is -2.38. The van der Waals surface area contributed by atoms with E-state index in [1.807, 2.05) is 42.2 Å². The average Bonchev–Trinajstić information content (AvgIpc) is 2.94. The zero-order valence-corrected chi connectivity index (χ0v) is 18.2. The van der Waals surface area contributed by atoms with Crippen molar-refractivity contribution >= 4 is 33.9 Å². The first-order chi connectivity index (χ1) is 14.1. The Kier molecular flexibility index (Phi) is 7.23. The van der Waals surface area contributed by atoms with Gasteiger partial charge in [-0.3, -0.25) is 9.00 Å². The molecule has 1 amide bonds. The lowest BCUT2D eigenvalue weighted by atomic mass is 9.86. The molecule has 1 unspecified atom stereocenters. The molecule has 1 fully saturated rings. The van der Waals surface area contributed by atoms with Crippen molar-refractivity contribution in [2.75, 3.05) is 23.1 Å². The van der Waals surface area contributed by atoms with Crippen molar-refractivity contribution in [3.05, 3.63) is 42.1 Å². The van der Waals surface area contributed by atoms with Crippen LogP contribution in [0.25, 0.3) is 0 Å². The van der Waals surface area contributed by atoms with E-state index in [1.165, 1.54) is 0 Å². The highest BCUT2D eigenvalue weighted by molar-refractivity contribution is 7.85. The van der Waals surface area contributed by atoms with E-state index in [0.29, 0.717) is 12.3 Å². The van der Waals surface area contributed by atoms with Crippen molar-refractivity contribution in [1.82, 2.24) is 4.98 Å². The van der Waals surface area contributed by atoms with Crippen LogP contribution in [0.5, 0.6) is 0 Å². The summed E-state index contributed by atoms with van der Waals surface area (Å²) >= 11 is 0. The van der Waals surface area contributed by atoms with Gasteiger partial charge in [0.15, 0.2) is 0 Å². The Bertz CT molecular complexity index is 928. The number of anilines is 3. The number of methoxy groups -OCH3 is 1. The van der Waals surface area contributed by atoms with Crippen molar-refractivity contribution in [1.29, 1.82) is 0 Å². The number of hydrogen-bond acceptors (Lipinski definition) is 5. The number of hydrogen-bond donors (Lipinski definition) is 1. The summed E-state index contributed by atoms with van der Waals surface area (Å²) in [5.41, 5.74) is 2.57. The smallest absolute Gasteiger partial charge is 0.230 e. The number of amides is 1. The average molecular weight is 432 g/mol. The molecule has 1 aromatic carbocycles. The van der Waals surface area contributed by atoms with E-state index in [4.69, 9.17) is 4.74 Å². The number of pyridine rings is 1. The highest BCUT2D eigenvalue weighted by Crippen LogP contribution is 2.38. The van der Waals surface area contributed by atoms with Crippen molar-refractivity contribution in [2.45, 2.75) is 50.2 Å². The van der Waals surface area contributed by atoms with Gasteiger partial charge in [0.1, 0.15) is 5.82 Å². The molecule has 1 atom stereocenters. The van der Waals surface area contributed by atoms with Gasteiger partial charge in [-0.05, 0) is 49.9 Å². The predicted molar refractivity (Wildman–Crippen MR) is 118 cm³/mol. The van der Waals surface area contributed by atoms with E-state index >= 15 is 0 Å². The van der Waals surface area contributed by atoms with E-state index in [9.17, 15) is 9.00 Å². The number of carbonyl (C=O) groups is 1. The molecule has 0 saturated heterocycles. The third-order valence-corrected chi connectivity index (χ3v) is 7.18. The van der Waals surface area contributed by atoms with Crippen LogP contribution in [0.1, 0.15) is 38.2 Å². The van der Waals surface area contributed by atoms with Crippen LogP contribution in [-0.2, 0) is 26.9 Å². The lowest BCUT2D eigenvalue weighted by Gasteiger charge is -2.32. The number of nitrogens with one attached hydrogen (secondary N) is 1. The summed E-state index contributed by atoms with van der Waals surface area (Å²) in [6, 6.07) is 9.55. The monoisotopic (exact) mass is 431 g/mol. The number of benzene rings is 1. The molecule has 2 aromatic rings. The molecule has 0 bridgehead atoms. The Balaban J connectivity index is 0.00000256. The second kappa shape index (κ2) is 9.68. The maximum absolute atomic E-state index is 13.6. The van der Waals surface area contributed by atoms with Crippen LogP contribution in [-0.4, -0.2) is 39.5 Å². The highest BCUT2D eigenvalue weighted by Gasteiger charge is 2.33. The maximum Gasteiger partial charge on any atom is 0.230 e. The van der Waals surface area contributed by atoms with E-state index < -0.39 is 10.8 Å². The quantitative estimate of drug-likeness (QED) is 0.801. The van der Waals surface area contributed by atoms with E-state index in [2.05, 4.69) is 10.3 Å². The van der Waals surface area contributed by atoms with Crippen LogP contribution < -0.4 is 10.2 Å². The highest BCUT2D eigenvalue weighted by atomic mass is 32.2. The number of nitrogens with zero attached hydrogens (tertiary/aromatic N) is 2. The molecule has 4 rings (SSSR count). The Hall–Kier alpha value is -2.29. The van der Waals surface area contributed by atoms with Crippen LogP contribution in [0.4, 0.5) is 17.2 Å². The van der Waals surface area contributed by atoms with Crippen LogP contribution in [0.3, 0.4) is 0 Å². The molecule has 0 radical (unpaired) electrons. The first kappa shape index (κ1) is 22.4. The van der Waals surface area contributed by atoms with Crippen LogP contribution >= 0.6 is 0 Å². The Labute approximate surface area is 179 Å². The molecule has 1 aliphatic carbocycles. The molecular weight excluding hydrogens is 402 g/mol. The molecule has 162 valence electrons. The van der Waals surface area contributed by atoms with Gasteiger partial charge in [-0.15, -0.1) is 0 Å². The van der Waals surface area contributed by atoms with Gasteiger partial charge < -0.3 is 20.4 Å². The molecule has 2 aliphatic rings. The van der Waals surface area contributed by atoms with Gasteiger partial charge in [0.05, 0.1) is 34.8 Å². The third-order valence-electron chi connectivity index (χ3n) is 5.88. The molecule has 1 aliphatic heterocycles. The van der Waals surface area contributed by atoms with E-state index in [0.717, 1.165) is 53.3 Å². The maximum atomic E-state index is 13.6. The fourth-order valence-electron chi connectivity index (χ4n) is 4.17. The molecule has 1 aromatic heterocycles. The van der Waals surface area contributed by atoms with Gasteiger partial charge in [-0.25, -0.2) is 4.98 Å². The molecular formula is C22H29N3O4S. The van der Waals surface area contributed by atoms with Gasteiger partial charge in [-0.2, -0.15) is 0 Å². The number of carbonyl (C=O) groups excluding carboxylic acids is 1. The second-order valence-electron chi connectivity index (χ2n) is 7.58. The number of rotatable bonds is 4. The minimum Gasteiger partial charge on any atom is -0.412 e. The van der Waals surface area contributed by atoms with Crippen molar-refractivity contribution in [3.63, 3.8) is 0 Å². The standard InChI is InChI=1S/C22H27N3O3S.H2O/c1-3-29(27)18-10-11-19-20(13-18)25(14-16-5-4-12-23-21(16)24-19)22(26)15-6-8-17(28-2)9-7-15;/h4-5,10-13,15,17H,3,6-9,14H2,1-2H3,(H,23,24);1H2. The molecule has 3 N–H and O–H groups in total. The molecule has 30 heavy (non-hydrogen) atoms. The first-order valence-corrected chi connectivity index (χ1v) is 11.5. The Morgan fingerprint density at radius 2 is 2.03 bits per heavy atom. The largest absolute Gasteiger partial charge is 0.412 e. The SMILES string of the molecule is CCS(=O)c1ccc2c(c1)N(C(=O)C1CCC(OC)CC1)Cc1cccnc1N2.O. The minimum absolute atomic E-state index is 0. The van der Waals surface area contributed by atoms with Gasteiger partial charge in [0.25, 0.3) is 0 Å². The summed E-state index contributed by atoms with van der Waals surface area (Å²) in [5.74, 6) is 1.41. The third kappa shape index (κ3) is 4.40. The predicted octanol–water partition coefficient (Wildman–Crippen LogP) is 3.18. The summed E-state index contributed by atoms with van der Waals surface area (Å²) in [7, 11) is 0.658. The van der Waals surface area contributed by atoms with Gasteiger partial charge in [0, 0.05) is 35.4 Å². The summed E-state index contributed by atoms with van der Waals surface area (Å²) < 4.78 is 17.9. The fraction of sp³-hybridized carbons (Fsp3) is 0.455. The summed E-state index contributed by atoms with van der Waals surface area (Å²) in [6.07, 6.45) is 5.47. The van der Waals surface area contributed by atoms with Crippen molar-refractivity contribution in [3.8, 4) is 0 Å². The fourth-order valence-corrected chi connectivity index (χ4v) is 4.97. The van der Waals surface area contributed by atoms with Crippen molar-refractivity contribution < 1.29 is 19.2 Å². The molecule has 0 spiro atoms. The first-order valence-electron chi connectivity index (χ1n) is 10.2. The van der Waals surface area contributed by atoms with Crippen LogP contribution in [0.15, 0.2) is 41.4 Å². The van der Waals surface area contributed by atoms with Crippen molar-refractivity contribution in [2.24, 2.45) is 5.92 Å². The number of ether oxygens (including phenoxy) is 1. The molecule has 7 nitrogen and oxygen atoms in total. The zero-order valence-electron chi connectivity index (χ0n) is 17.4. The van der Waals surface area contributed by atoms with Gasteiger partial charge in [-0.1, -0.05) is 13.0 Å². The van der Waals surface area contributed by atoms with Crippen LogP contribution in [0, 0.1) is 5.92 Å². The second-order valence-corrected chi connectivity index (χ2v) is 9.32. The zero-order chi connectivity index (χ0) is 20.4. The van der Waals surface area contributed by atoms with Crippen LogP contribution in [0.2, 0.25) is 0 Å². The summed E-state index contributed by atoms with van der Waals surface area (Å²) in [4.78, 5) is 20.6. The van der Waals surface area contributed by atoms with E-state index in [-0.39, 0.29) is 23.4 Å². The Morgan fingerprint density at radius 3 is 2.73 bits per heavy atom. The normalized spacial score (nSPS) is 21.3. The van der Waals surface area contributed by atoms with E-state index in [1.54, 1.807) is 13.3 Å². The molecule has 2 heterocycles. The summed E-state index contributed by atoms with van der Waals surface area (Å²) in [5, 5.41) is 3.37. The lowest BCUT2D eigenvalue weighted by molar-refractivity contribution is -0.124. The number of fused-ring (bicyclic) bond motifs is 2. The topological polar surface area (TPSA) is 103 Å². The van der Waals surface area contributed by atoms with Gasteiger partial charge in [0.2, 0.25) is 5.91 Å². The Morgan fingerprint density at radius 1 is 1.27 bits per heavy atom. The van der Waals surface area contributed by atoms with Gasteiger partial charge >= 0.3 is 0 Å². The summed E-state index contributed by atoms with van der Waals surface area (Å²) in [6.45, 7) is 2.35. The molecule has 8 heteroatoms. The number of aromatic nitrogens is 1.